The molecule has 2 heterocycles. The van der Waals surface area contributed by atoms with Crippen molar-refractivity contribution in [1.29, 1.82) is 0 Å². The van der Waals surface area contributed by atoms with E-state index >= 15 is 0 Å². The Kier molecular flexibility index (Phi) is 15.5. The van der Waals surface area contributed by atoms with Gasteiger partial charge in [-0.1, -0.05) is 44.3 Å². The molecule has 0 aromatic carbocycles. The van der Waals surface area contributed by atoms with E-state index < -0.39 is 38.3 Å². The summed E-state index contributed by atoms with van der Waals surface area (Å²) in [4.78, 5) is 22.4. The number of hydrogen-bond acceptors (Lipinski definition) is 9. The van der Waals surface area contributed by atoms with Crippen LogP contribution in [0.4, 0.5) is 0 Å². The molecule has 0 amide bonds. The van der Waals surface area contributed by atoms with Crippen LogP contribution < -0.4 is 5.73 Å². The fourth-order valence-corrected chi connectivity index (χ4v) is 5.58. The van der Waals surface area contributed by atoms with Gasteiger partial charge in [-0.2, -0.15) is 0 Å². The van der Waals surface area contributed by atoms with Crippen molar-refractivity contribution in [3.63, 3.8) is 0 Å². The van der Waals surface area contributed by atoms with E-state index in [0.717, 1.165) is 57.8 Å². The Balaban J connectivity index is 1.97. The number of phosphoric ester groups is 1. The number of aliphatic hydroxyl groups is 2. The highest BCUT2D eigenvalue weighted by atomic mass is 31.2. The first-order chi connectivity index (χ1) is 17.7. The minimum absolute atomic E-state index is 0.0480. The lowest BCUT2D eigenvalue weighted by Gasteiger charge is -2.21. The van der Waals surface area contributed by atoms with Crippen LogP contribution in [0.25, 0.3) is 0 Å². The topological polar surface area (TPSA) is 161 Å². The first-order valence-electron chi connectivity index (χ1n) is 14.0. The number of ether oxygens (including phenoxy) is 2. The molecule has 10 nitrogen and oxygen atoms in total. The molecular formula is C26H48NO9P. The highest BCUT2D eigenvalue weighted by molar-refractivity contribution is 7.47. The molecule has 1 saturated heterocycles. The Labute approximate surface area is 221 Å². The molecular weight excluding hydrogens is 501 g/mol. The zero-order valence-electron chi connectivity index (χ0n) is 22.2. The van der Waals surface area contributed by atoms with E-state index in [0.29, 0.717) is 12.8 Å². The summed E-state index contributed by atoms with van der Waals surface area (Å²) >= 11 is 0. The van der Waals surface area contributed by atoms with Gasteiger partial charge in [0, 0.05) is 13.0 Å². The number of hydrogen-bond donors (Lipinski definition) is 4. The number of cyclic esters (lactones) is 1. The number of nitrogens with two attached hydrogens (primary N) is 1. The second kappa shape index (κ2) is 17.7. The number of rotatable bonds is 5. The predicted molar refractivity (Wildman–Crippen MR) is 140 cm³/mol. The van der Waals surface area contributed by atoms with Crippen molar-refractivity contribution in [2.45, 2.75) is 133 Å². The van der Waals surface area contributed by atoms with Crippen LogP contribution in [0.2, 0.25) is 0 Å². The first kappa shape index (κ1) is 32.4. The van der Waals surface area contributed by atoms with Gasteiger partial charge in [-0.25, -0.2) is 4.57 Å². The Morgan fingerprint density at radius 2 is 1.65 bits per heavy atom. The van der Waals surface area contributed by atoms with Crippen molar-refractivity contribution < 1.29 is 43.0 Å². The SMILES string of the molecule is C[C@@H]1CCC/C=C\CCCCCCCC[C@@H](O)[C@@H](O)[C@H]2O[C@@H]2[C@H](OP(=O)(O)OCCN)CCCC(=O)O1. The van der Waals surface area contributed by atoms with Gasteiger partial charge < -0.3 is 30.3 Å². The predicted octanol–water partition coefficient (Wildman–Crippen LogP) is 3.90. The van der Waals surface area contributed by atoms with Gasteiger partial charge in [0.05, 0.1) is 24.9 Å². The van der Waals surface area contributed by atoms with Crippen molar-refractivity contribution in [3.8, 4) is 0 Å². The Morgan fingerprint density at radius 3 is 2.38 bits per heavy atom. The molecule has 0 spiro atoms. The van der Waals surface area contributed by atoms with E-state index in [4.69, 9.17) is 24.3 Å². The molecule has 216 valence electrons. The van der Waals surface area contributed by atoms with Crippen LogP contribution in [0, 0.1) is 0 Å². The van der Waals surface area contributed by atoms with Crippen LogP contribution in [0.5, 0.6) is 0 Å². The van der Waals surface area contributed by atoms with Gasteiger partial charge >= 0.3 is 13.8 Å². The molecule has 7 atom stereocenters. The molecule has 11 heteroatoms. The molecule has 1 unspecified atom stereocenters. The third-order valence-electron chi connectivity index (χ3n) is 6.77. The lowest BCUT2D eigenvalue weighted by molar-refractivity contribution is -0.148. The Hall–Kier alpha value is -0.840. The zero-order valence-corrected chi connectivity index (χ0v) is 23.1. The van der Waals surface area contributed by atoms with Crippen LogP contribution in [-0.4, -0.2) is 70.9 Å². The van der Waals surface area contributed by atoms with Crippen LogP contribution in [0.1, 0.15) is 96.8 Å². The summed E-state index contributed by atoms with van der Waals surface area (Å²) in [5.41, 5.74) is 5.35. The number of epoxide rings is 1. The van der Waals surface area contributed by atoms with Crippen molar-refractivity contribution >= 4 is 13.8 Å². The normalized spacial score (nSPS) is 34.8. The standard InChI is InChI=1S/C26H48NO9P/c1-20-14-11-9-7-5-3-2-4-6-8-10-12-15-21(28)24(30)26-25(35-26)22(16-13-17-23(29)34-20)36-37(31,32)33-19-18-27/h5,7,20-22,24-26,28,30H,2-4,6,8-19,27H2,1H3,(H,31,32)/b7-5-/t20-,21-,22-,24-,25-,26-/m1/s1. The maximum absolute atomic E-state index is 12.3. The number of allylic oxidation sites excluding steroid dienone is 2. The lowest BCUT2D eigenvalue weighted by Crippen LogP contribution is -2.34. The number of carbonyl (C=O) groups is 1. The van der Waals surface area contributed by atoms with E-state index in [-0.39, 0.29) is 38.1 Å². The third-order valence-corrected chi connectivity index (χ3v) is 7.82. The molecule has 2 rings (SSSR count). The van der Waals surface area contributed by atoms with Crippen molar-refractivity contribution in [2.75, 3.05) is 13.2 Å². The average Bonchev–Trinajstić information content (AvgIpc) is 3.64. The summed E-state index contributed by atoms with van der Waals surface area (Å²) in [6.07, 6.45) is 11.1. The zero-order chi connectivity index (χ0) is 27.1. The summed E-state index contributed by atoms with van der Waals surface area (Å²) < 4.78 is 33.6. The van der Waals surface area contributed by atoms with Gasteiger partial charge in [0.1, 0.15) is 18.3 Å². The number of phosphoric acid groups is 1. The average molecular weight is 550 g/mol. The van der Waals surface area contributed by atoms with Crippen LogP contribution in [-0.2, 0) is 27.9 Å². The van der Waals surface area contributed by atoms with E-state index in [9.17, 15) is 24.5 Å². The number of fused-ring (bicyclic) bond motifs is 1. The lowest BCUT2D eigenvalue weighted by atomic mass is 9.98. The number of carbonyl (C=O) groups excluding carboxylic acids is 1. The number of aliphatic hydroxyl groups excluding tert-OH is 2. The first-order valence-corrected chi connectivity index (χ1v) is 15.4. The molecule has 0 saturated carbocycles. The molecule has 5 N–H and O–H groups in total. The van der Waals surface area contributed by atoms with Gasteiger partial charge in [0.15, 0.2) is 0 Å². The van der Waals surface area contributed by atoms with Crippen LogP contribution in [0.3, 0.4) is 0 Å². The highest BCUT2D eigenvalue weighted by Gasteiger charge is 2.53. The van der Waals surface area contributed by atoms with E-state index in [1.54, 1.807) is 0 Å². The molecule has 0 bridgehead atoms. The molecule has 0 radical (unpaired) electrons. The fraction of sp³-hybridized carbons (Fsp3) is 0.885. The summed E-state index contributed by atoms with van der Waals surface area (Å²) in [6, 6.07) is 0. The Morgan fingerprint density at radius 1 is 0.973 bits per heavy atom. The maximum atomic E-state index is 12.3. The highest BCUT2D eigenvalue weighted by Crippen LogP contribution is 2.48. The van der Waals surface area contributed by atoms with Gasteiger partial charge in [-0.15, -0.1) is 0 Å². The quantitative estimate of drug-likeness (QED) is 0.171. The van der Waals surface area contributed by atoms with Gasteiger partial charge in [-0.05, 0) is 58.3 Å². The molecule has 0 aliphatic carbocycles. The fourth-order valence-electron chi connectivity index (χ4n) is 4.62. The molecule has 2 aliphatic heterocycles. The van der Waals surface area contributed by atoms with Crippen molar-refractivity contribution in [1.82, 2.24) is 0 Å². The van der Waals surface area contributed by atoms with E-state index in [2.05, 4.69) is 12.2 Å². The van der Waals surface area contributed by atoms with Crippen LogP contribution >= 0.6 is 7.82 Å². The summed E-state index contributed by atoms with van der Waals surface area (Å²) in [5.74, 6) is -0.341. The second-order valence-corrected chi connectivity index (χ2v) is 11.6. The number of esters is 1. The molecule has 0 aromatic rings. The van der Waals surface area contributed by atoms with Gasteiger partial charge in [0.2, 0.25) is 0 Å². The second-order valence-electron chi connectivity index (χ2n) is 10.2. The van der Waals surface area contributed by atoms with Crippen molar-refractivity contribution in [2.24, 2.45) is 5.73 Å². The molecule has 0 aromatic heterocycles. The smallest absolute Gasteiger partial charge is 0.463 e. The summed E-state index contributed by atoms with van der Waals surface area (Å²) in [7, 11) is -4.41. The molecule has 2 aliphatic rings. The summed E-state index contributed by atoms with van der Waals surface area (Å²) in [5, 5.41) is 21.1. The van der Waals surface area contributed by atoms with Gasteiger partial charge in [-0.3, -0.25) is 13.8 Å². The van der Waals surface area contributed by atoms with Crippen molar-refractivity contribution in [3.05, 3.63) is 12.2 Å². The molecule has 1 fully saturated rings. The maximum Gasteiger partial charge on any atom is 0.472 e. The van der Waals surface area contributed by atoms with E-state index in [1.807, 2.05) is 6.92 Å². The van der Waals surface area contributed by atoms with Crippen LogP contribution in [0.15, 0.2) is 12.2 Å². The monoisotopic (exact) mass is 549 g/mol. The molecule has 37 heavy (non-hydrogen) atoms. The summed E-state index contributed by atoms with van der Waals surface area (Å²) in [6.45, 7) is 1.77. The van der Waals surface area contributed by atoms with E-state index in [1.165, 1.54) is 6.42 Å². The largest absolute Gasteiger partial charge is 0.472 e. The minimum atomic E-state index is -4.41. The Bertz CT molecular complexity index is 722. The van der Waals surface area contributed by atoms with Gasteiger partial charge in [0.25, 0.3) is 0 Å². The minimum Gasteiger partial charge on any atom is -0.463 e. The third kappa shape index (κ3) is 13.7.